The van der Waals surface area contributed by atoms with E-state index < -0.39 is 5.97 Å². The zero-order valence-corrected chi connectivity index (χ0v) is 12.1. The number of halogens is 1. The summed E-state index contributed by atoms with van der Waals surface area (Å²) in [7, 11) is 0. The third kappa shape index (κ3) is 2.29. The van der Waals surface area contributed by atoms with Crippen molar-refractivity contribution < 1.29 is 14.7 Å². The first-order valence-electron chi connectivity index (χ1n) is 6.85. The van der Waals surface area contributed by atoms with Crippen LogP contribution in [0.1, 0.15) is 23.2 Å². The van der Waals surface area contributed by atoms with Gasteiger partial charge in [0, 0.05) is 18.8 Å². The van der Waals surface area contributed by atoms with Gasteiger partial charge in [-0.15, -0.1) is 0 Å². The summed E-state index contributed by atoms with van der Waals surface area (Å²) in [6.07, 6.45) is 1.65. The van der Waals surface area contributed by atoms with Gasteiger partial charge in [0.1, 0.15) is 0 Å². The van der Waals surface area contributed by atoms with Crippen molar-refractivity contribution in [1.29, 1.82) is 0 Å². The first-order chi connectivity index (χ1) is 9.99. The highest BCUT2D eigenvalue weighted by molar-refractivity contribution is 6.34. The first kappa shape index (κ1) is 14.0. The number of nitrogens with one attached hydrogen (secondary N) is 1. The molecule has 2 aliphatic rings. The van der Waals surface area contributed by atoms with Crippen LogP contribution in [0.4, 0.5) is 11.4 Å². The van der Waals surface area contributed by atoms with Gasteiger partial charge in [-0.1, -0.05) is 11.6 Å². The molecule has 0 saturated carbocycles. The lowest BCUT2D eigenvalue weighted by molar-refractivity contribution is -0.123. The Labute approximate surface area is 126 Å². The van der Waals surface area contributed by atoms with Crippen LogP contribution in [0.25, 0.3) is 0 Å². The Kier molecular flexibility index (Phi) is 3.41. The van der Waals surface area contributed by atoms with Gasteiger partial charge in [-0.05, 0) is 25.0 Å². The molecule has 0 aliphatic carbocycles. The van der Waals surface area contributed by atoms with E-state index in [9.17, 15) is 14.7 Å². The number of nitrogens with zero attached hydrogens (tertiary/aromatic N) is 1. The quantitative estimate of drug-likeness (QED) is 0.716. The second-order valence-electron chi connectivity index (χ2n) is 5.46. The Morgan fingerprint density at radius 1 is 1.48 bits per heavy atom. The number of carbonyl (C=O) groups is 2. The van der Waals surface area contributed by atoms with Gasteiger partial charge in [0.25, 0.3) is 0 Å². The van der Waals surface area contributed by atoms with Crippen LogP contribution in [0.2, 0.25) is 5.02 Å². The highest BCUT2D eigenvalue weighted by Gasteiger charge is 2.42. The van der Waals surface area contributed by atoms with Crippen molar-refractivity contribution in [3.05, 3.63) is 22.7 Å². The number of fused-ring (bicyclic) bond motifs is 1. The van der Waals surface area contributed by atoms with Crippen LogP contribution in [0.5, 0.6) is 0 Å². The molecule has 2 fully saturated rings. The van der Waals surface area contributed by atoms with E-state index in [1.165, 1.54) is 6.07 Å². The second kappa shape index (κ2) is 5.11. The lowest BCUT2D eigenvalue weighted by Gasteiger charge is -2.38. The Balaban J connectivity index is 2.07. The number of amides is 1. The van der Waals surface area contributed by atoms with E-state index in [1.807, 2.05) is 4.90 Å². The molecule has 0 aromatic heterocycles. The first-order valence-corrected chi connectivity index (χ1v) is 7.23. The number of hydrogen-bond donors (Lipinski definition) is 3. The van der Waals surface area contributed by atoms with Gasteiger partial charge in [-0.25, -0.2) is 4.79 Å². The number of anilines is 2. The lowest BCUT2D eigenvalue weighted by atomic mass is 9.90. The van der Waals surface area contributed by atoms with Crippen LogP contribution in [0.3, 0.4) is 0 Å². The molecule has 6 nitrogen and oxygen atoms in total. The van der Waals surface area contributed by atoms with Crippen molar-refractivity contribution in [2.45, 2.75) is 18.9 Å². The summed E-state index contributed by atoms with van der Waals surface area (Å²) < 4.78 is 0. The van der Waals surface area contributed by atoms with E-state index in [1.54, 1.807) is 6.07 Å². The average molecular weight is 310 g/mol. The zero-order chi connectivity index (χ0) is 15.1. The monoisotopic (exact) mass is 309 g/mol. The van der Waals surface area contributed by atoms with Crippen LogP contribution in [-0.4, -0.2) is 36.1 Å². The number of hydrogen-bond acceptors (Lipinski definition) is 4. The summed E-state index contributed by atoms with van der Waals surface area (Å²) in [4.78, 5) is 25.3. The van der Waals surface area contributed by atoms with E-state index in [-0.39, 0.29) is 23.4 Å². The van der Waals surface area contributed by atoms with Crippen molar-refractivity contribution in [3.8, 4) is 0 Å². The number of nitrogens with two attached hydrogens (primary N) is 1. The SMILES string of the molecule is Nc1cc(Cl)c(N2CCCC3C(=O)NCC32)c(C(=O)O)c1. The Bertz CT molecular complexity index is 620. The fourth-order valence-corrected chi connectivity index (χ4v) is 3.64. The van der Waals surface area contributed by atoms with E-state index in [0.29, 0.717) is 29.5 Å². The molecule has 2 saturated heterocycles. The van der Waals surface area contributed by atoms with Crippen LogP contribution < -0.4 is 16.0 Å². The zero-order valence-electron chi connectivity index (χ0n) is 11.3. The number of rotatable bonds is 2. The highest BCUT2D eigenvalue weighted by atomic mass is 35.5. The number of carboxylic acids is 1. The standard InChI is InChI=1S/C14H16ClN3O3/c15-10-5-7(16)4-9(14(20)21)12(10)18-3-1-2-8-11(18)6-17-13(8)19/h4-5,8,11H,1-3,6,16H2,(H,17,19)(H,20,21). The van der Waals surface area contributed by atoms with E-state index in [0.717, 1.165) is 12.8 Å². The minimum atomic E-state index is -1.07. The molecule has 2 heterocycles. The fourth-order valence-electron chi connectivity index (χ4n) is 3.30. The molecule has 2 aliphatic heterocycles. The topological polar surface area (TPSA) is 95.7 Å². The molecule has 1 aromatic rings. The Morgan fingerprint density at radius 2 is 2.24 bits per heavy atom. The largest absolute Gasteiger partial charge is 0.478 e. The number of benzene rings is 1. The third-order valence-electron chi connectivity index (χ3n) is 4.20. The molecule has 4 N–H and O–H groups in total. The molecule has 3 rings (SSSR count). The maximum Gasteiger partial charge on any atom is 0.337 e. The van der Waals surface area contributed by atoms with Crippen LogP contribution in [0.15, 0.2) is 12.1 Å². The van der Waals surface area contributed by atoms with Crippen LogP contribution in [-0.2, 0) is 4.79 Å². The molecule has 1 amide bonds. The summed E-state index contributed by atoms with van der Waals surface area (Å²) >= 11 is 6.25. The maximum atomic E-state index is 11.8. The summed E-state index contributed by atoms with van der Waals surface area (Å²) in [5, 5.41) is 12.6. The number of carbonyl (C=O) groups excluding carboxylic acids is 1. The molecule has 2 atom stereocenters. The van der Waals surface area contributed by atoms with Gasteiger partial charge in [0.2, 0.25) is 5.91 Å². The van der Waals surface area contributed by atoms with Crippen molar-refractivity contribution >= 4 is 34.9 Å². The van der Waals surface area contributed by atoms with Gasteiger partial charge in [-0.3, -0.25) is 4.79 Å². The van der Waals surface area contributed by atoms with E-state index >= 15 is 0 Å². The third-order valence-corrected chi connectivity index (χ3v) is 4.49. The van der Waals surface area contributed by atoms with Gasteiger partial charge in [0.05, 0.1) is 28.2 Å². The smallest absolute Gasteiger partial charge is 0.337 e. The molecule has 7 heteroatoms. The minimum absolute atomic E-state index is 0.0353. The number of carboxylic acid groups (broad SMARTS) is 1. The van der Waals surface area contributed by atoms with Crippen LogP contribution >= 0.6 is 11.6 Å². The molecule has 0 spiro atoms. The molecule has 1 aromatic carbocycles. The van der Waals surface area contributed by atoms with Crippen molar-refractivity contribution in [2.24, 2.45) is 5.92 Å². The minimum Gasteiger partial charge on any atom is -0.478 e. The highest BCUT2D eigenvalue weighted by Crippen LogP contribution is 2.38. The lowest BCUT2D eigenvalue weighted by Crippen LogP contribution is -2.46. The van der Waals surface area contributed by atoms with Crippen molar-refractivity contribution in [2.75, 3.05) is 23.7 Å². The second-order valence-corrected chi connectivity index (χ2v) is 5.87. The Hall–Kier alpha value is -1.95. The maximum absolute atomic E-state index is 11.8. The summed E-state index contributed by atoms with van der Waals surface area (Å²) in [6.45, 7) is 1.20. The summed E-state index contributed by atoms with van der Waals surface area (Å²) in [5.41, 5.74) is 6.55. The average Bonchev–Trinajstić information content (AvgIpc) is 2.80. The molecule has 2 unspecified atom stereocenters. The van der Waals surface area contributed by atoms with Gasteiger partial charge in [-0.2, -0.15) is 0 Å². The van der Waals surface area contributed by atoms with Crippen molar-refractivity contribution in [1.82, 2.24) is 5.32 Å². The number of piperidine rings is 1. The predicted octanol–water partition coefficient (Wildman–Crippen LogP) is 1.34. The van der Waals surface area contributed by atoms with Crippen LogP contribution in [0, 0.1) is 5.92 Å². The fraction of sp³-hybridized carbons (Fsp3) is 0.429. The van der Waals surface area contributed by atoms with Gasteiger partial charge >= 0.3 is 5.97 Å². The van der Waals surface area contributed by atoms with E-state index in [4.69, 9.17) is 17.3 Å². The molecule has 112 valence electrons. The summed E-state index contributed by atoms with van der Waals surface area (Å²) in [6, 6.07) is 2.92. The molecule has 0 bridgehead atoms. The van der Waals surface area contributed by atoms with E-state index in [2.05, 4.69) is 5.32 Å². The molecule has 0 radical (unpaired) electrons. The molecule has 21 heavy (non-hydrogen) atoms. The summed E-state index contributed by atoms with van der Waals surface area (Å²) in [5.74, 6) is -1.14. The molecular weight excluding hydrogens is 294 g/mol. The van der Waals surface area contributed by atoms with Gasteiger partial charge < -0.3 is 21.1 Å². The normalized spacial score (nSPS) is 24.6. The Morgan fingerprint density at radius 3 is 2.95 bits per heavy atom. The van der Waals surface area contributed by atoms with Gasteiger partial charge in [0.15, 0.2) is 0 Å². The van der Waals surface area contributed by atoms with Crippen molar-refractivity contribution in [3.63, 3.8) is 0 Å². The number of aromatic carboxylic acids is 1. The molecular formula is C14H16ClN3O3. The number of nitrogen functional groups attached to an aromatic ring is 1. The predicted molar refractivity (Wildman–Crippen MR) is 79.7 cm³/mol.